The number of hydrogen-bond donors (Lipinski definition) is 0. The zero-order valence-electron chi connectivity index (χ0n) is 11.2. The fourth-order valence-corrected chi connectivity index (χ4v) is 3.03. The van der Waals surface area contributed by atoms with E-state index in [1.165, 1.54) is 16.2 Å². The molecule has 1 aromatic rings. The van der Waals surface area contributed by atoms with Crippen LogP contribution in [0.15, 0.2) is 5.38 Å². The molecule has 1 aliphatic rings. The van der Waals surface area contributed by atoms with Crippen molar-refractivity contribution in [1.29, 1.82) is 0 Å². The third-order valence-electron chi connectivity index (χ3n) is 3.22. The van der Waals surface area contributed by atoms with Crippen molar-refractivity contribution < 1.29 is 17.6 Å². The average Bonchev–Trinajstić information content (AvgIpc) is 2.66. The molecule has 0 saturated carbocycles. The van der Waals surface area contributed by atoms with Crippen molar-refractivity contribution in [3.8, 4) is 0 Å². The van der Waals surface area contributed by atoms with E-state index >= 15 is 0 Å². The number of aryl methyl sites for hydroxylation is 1. The standard InChI is InChI=1S/C12H17F4N3S/c1-9-7-20-11(17-9)19-4-2-3-18(5-6-19)8-12(15,16)10(13)14/h7,10H,2-6,8H2,1H3. The van der Waals surface area contributed by atoms with E-state index in [1.807, 2.05) is 17.2 Å². The molecule has 2 heterocycles. The molecule has 0 aliphatic carbocycles. The number of alkyl halides is 4. The lowest BCUT2D eigenvalue weighted by Crippen LogP contribution is -2.43. The summed E-state index contributed by atoms with van der Waals surface area (Å²) in [5.74, 6) is -3.94. The second kappa shape index (κ2) is 6.26. The van der Waals surface area contributed by atoms with E-state index in [1.54, 1.807) is 0 Å². The van der Waals surface area contributed by atoms with Crippen LogP contribution in [0.25, 0.3) is 0 Å². The van der Waals surface area contributed by atoms with Gasteiger partial charge in [0.15, 0.2) is 5.13 Å². The second-order valence-corrected chi connectivity index (χ2v) is 5.79. The third-order valence-corrected chi connectivity index (χ3v) is 4.24. The number of thiazole rings is 1. The fraction of sp³-hybridized carbons (Fsp3) is 0.750. The molecule has 3 nitrogen and oxygen atoms in total. The Morgan fingerprint density at radius 3 is 2.65 bits per heavy atom. The number of halogens is 4. The van der Waals surface area contributed by atoms with Crippen molar-refractivity contribution in [3.05, 3.63) is 11.1 Å². The highest BCUT2D eigenvalue weighted by Gasteiger charge is 2.42. The van der Waals surface area contributed by atoms with Crippen molar-refractivity contribution in [1.82, 2.24) is 9.88 Å². The number of nitrogens with zero attached hydrogens (tertiary/aromatic N) is 3. The number of aromatic nitrogens is 1. The van der Waals surface area contributed by atoms with E-state index < -0.39 is 18.9 Å². The van der Waals surface area contributed by atoms with Gasteiger partial charge in [-0.15, -0.1) is 11.3 Å². The van der Waals surface area contributed by atoms with E-state index in [9.17, 15) is 17.6 Å². The molecule has 0 aromatic carbocycles. The summed E-state index contributed by atoms with van der Waals surface area (Å²) in [6.45, 7) is 3.02. The van der Waals surface area contributed by atoms with E-state index in [2.05, 4.69) is 4.98 Å². The predicted molar refractivity (Wildman–Crippen MR) is 71.1 cm³/mol. The predicted octanol–water partition coefficient (Wildman–Crippen LogP) is 2.86. The van der Waals surface area contributed by atoms with Gasteiger partial charge in [-0.05, 0) is 13.3 Å². The summed E-state index contributed by atoms with van der Waals surface area (Å²) in [6.07, 6.45) is -2.94. The molecular weight excluding hydrogens is 294 g/mol. The van der Waals surface area contributed by atoms with Crippen molar-refractivity contribution in [2.45, 2.75) is 25.7 Å². The lowest BCUT2D eigenvalue weighted by Gasteiger charge is -2.25. The normalized spacial score (nSPS) is 18.6. The van der Waals surface area contributed by atoms with Crippen LogP contribution < -0.4 is 4.90 Å². The van der Waals surface area contributed by atoms with Crippen LogP contribution >= 0.6 is 11.3 Å². The van der Waals surface area contributed by atoms with Gasteiger partial charge in [0.2, 0.25) is 0 Å². The summed E-state index contributed by atoms with van der Waals surface area (Å²) >= 11 is 1.51. The molecule has 0 spiro atoms. The molecule has 114 valence electrons. The minimum Gasteiger partial charge on any atom is -0.347 e. The summed E-state index contributed by atoms with van der Waals surface area (Å²) < 4.78 is 50.6. The van der Waals surface area contributed by atoms with Crippen LogP contribution in [0.4, 0.5) is 22.7 Å². The Morgan fingerprint density at radius 1 is 1.30 bits per heavy atom. The largest absolute Gasteiger partial charge is 0.347 e. The molecule has 0 bridgehead atoms. The highest BCUT2D eigenvalue weighted by molar-refractivity contribution is 7.13. The summed E-state index contributed by atoms with van der Waals surface area (Å²) in [5, 5.41) is 2.80. The summed E-state index contributed by atoms with van der Waals surface area (Å²) in [5.41, 5.74) is 0.926. The molecule has 0 radical (unpaired) electrons. The monoisotopic (exact) mass is 311 g/mol. The first kappa shape index (κ1) is 15.5. The fourth-order valence-electron chi connectivity index (χ4n) is 2.17. The van der Waals surface area contributed by atoms with Crippen LogP contribution in [-0.2, 0) is 0 Å². The third kappa shape index (κ3) is 3.82. The Labute approximate surface area is 119 Å². The Balaban J connectivity index is 1.92. The molecule has 1 aromatic heterocycles. The van der Waals surface area contributed by atoms with Gasteiger partial charge in [0.25, 0.3) is 0 Å². The van der Waals surface area contributed by atoms with Crippen LogP contribution in [0, 0.1) is 6.92 Å². The van der Waals surface area contributed by atoms with Gasteiger partial charge in [-0.25, -0.2) is 13.8 Å². The molecule has 1 saturated heterocycles. The summed E-state index contributed by atoms with van der Waals surface area (Å²) in [7, 11) is 0. The Morgan fingerprint density at radius 2 is 2.05 bits per heavy atom. The van der Waals surface area contributed by atoms with Gasteiger partial charge in [0, 0.05) is 31.6 Å². The lowest BCUT2D eigenvalue weighted by molar-refractivity contribution is -0.141. The van der Waals surface area contributed by atoms with Crippen LogP contribution in [0.3, 0.4) is 0 Å². The molecule has 0 atom stereocenters. The first-order valence-corrected chi connectivity index (χ1v) is 7.32. The number of anilines is 1. The topological polar surface area (TPSA) is 19.4 Å². The van der Waals surface area contributed by atoms with E-state index in [0.717, 1.165) is 10.8 Å². The molecule has 1 fully saturated rings. The van der Waals surface area contributed by atoms with Crippen molar-refractivity contribution >= 4 is 16.5 Å². The quantitative estimate of drug-likeness (QED) is 0.797. The number of rotatable bonds is 4. The maximum atomic E-state index is 13.1. The Hall–Kier alpha value is -0.890. The first-order chi connectivity index (χ1) is 9.38. The zero-order chi connectivity index (χ0) is 14.8. The maximum Gasteiger partial charge on any atom is 0.319 e. The molecule has 2 rings (SSSR count). The van der Waals surface area contributed by atoms with Gasteiger partial charge < -0.3 is 4.90 Å². The molecule has 0 unspecified atom stereocenters. The zero-order valence-corrected chi connectivity index (χ0v) is 12.0. The average molecular weight is 311 g/mol. The molecule has 0 amide bonds. The second-order valence-electron chi connectivity index (χ2n) is 4.95. The molecule has 8 heteroatoms. The lowest BCUT2D eigenvalue weighted by atomic mass is 10.3. The minimum atomic E-state index is -3.94. The SMILES string of the molecule is Cc1csc(N2CCCN(CC(F)(F)C(F)F)CC2)n1. The van der Waals surface area contributed by atoms with E-state index in [4.69, 9.17) is 0 Å². The smallest absolute Gasteiger partial charge is 0.319 e. The van der Waals surface area contributed by atoms with Gasteiger partial charge in [0.05, 0.1) is 12.2 Å². The summed E-state index contributed by atoms with van der Waals surface area (Å²) in [4.78, 5) is 7.80. The van der Waals surface area contributed by atoms with Crippen molar-refractivity contribution in [2.24, 2.45) is 0 Å². The highest BCUT2D eigenvalue weighted by atomic mass is 32.1. The van der Waals surface area contributed by atoms with Gasteiger partial charge in [0.1, 0.15) is 0 Å². The van der Waals surface area contributed by atoms with Gasteiger partial charge in [-0.3, -0.25) is 4.90 Å². The molecule has 0 N–H and O–H groups in total. The van der Waals surface area contributed by atoms with E-state index in [-0.39, 0.29) is 0 Å². The molecule has 1 aliphatic heterocycles. The van der Waals surface area contributed by atoms with Crippen molar-refractivity contribution in [2.75, 3.05) is 37.6 Å². The van der Waals surface area contributed by atoms with Crippen molar-refractivity contribution in [3.63, 3.8) is 0 Å². The van der Waals surface area contributed by atoms with Crippen LogP contribution in [0.2, 0.25) is 0 Å². The first-order valence-electron chi connectivity index (χ1n) is 6.44. The number of hydrogen-bond acceptors (Lipinski definition) is 4. The van der Waals surface area contributed by atoms with Crippen LogP contribution in [0.5, 0.6) is 0 Å². The summed E-state index contributed by atoms with van der Waals surface area (Å²) in [6, 6.07) is 0. The minimum absolute atomic E-state index is 0.348. The highest BCUT2D eigenvalue weighted by Crippen LogP contribution is 2.26. The Kier molecular flexibility index (Phi) is 4.85. The van der Waals surface area contributed by atoms with Gasteiger partial charge in [-0.2, -0.15) is 8.78 Å². The maximum absolute atomic E-state index is 13.1. The molecule has 20 heavy (non-hydrogen) atoms. The Bertz CT molecular complexity index is 438. The van der Waals surface area contributed by atoms with E-state index in [0.29, 0.717) is 32.6 Å². The van der Waals surface area contributed by atoms with Gasteiger partial charge >= 0.3 is 12.3 Å². The molecular formula is C12H17F4N3S. The van der Waals surface area contributed by atoms with Gasteiger partial charge in [-0.1, -0.05) is 0 Å². The van der Waals surface area contributed by atoms with Crippen LogP contribution in [0.1, 0.15) is 12.1 Å². The van der Waals surface area contributed by atoms with Crippen LogP contribution in [-0.4, -0.2) is 55.0 Å².